The van der Waals surface area contributed by atoms with Gasteiger partial charge in [0.15, 0.2) is 5.96 Å². The normalized spacial score (nSPS) is 15.7. The van der Waals surface area contributed by atoms with Crippen LogP contribution < -0.4 is 21.7 Å². The number of rotatable bonds is 10. The van der Waals surface area contributed by atoms with Gasteiger partial charge in [-0.3, -0.25) is 14.6 Å². The van der Waals surface area contributed by atoms with Gasteiger partial charge in [0.25, 0.3) is 5.91 Å². The van der Waals surface area contributed by atoms with Crippen LogP contribution in [0.2, 0.25) is 0 Å². The fraction of sp³-hybridized carbons (Fsp3) is 0.571. The summed E-state index contributed by atoms with van der Waals surface area (Å²) in [7, 11) is 3.52. The molecular formula is C21H33N5O3. The van der Waals surface area contributed by atoms with E-state index in [9.17, 15) is 9.59 Å². The number of nitrogens with two attached hydrogens (primary N) is 1. The second-order valence-corrected chi connectivity index (χ2v) is 7.58. The Balaban J connectivity index is 1.82. The van der Waals surface area contributed by atoms with Crippen LogP contribution >= 0.6 is 0 Å². The van der Waals surface area contributed by atoms with E-state index in [1.807, 2.05) is 12.1 Å². The van der Waals surface area contributed by atoms with Crippen LogP contribution in [0.5, 0.6) is 0 Å². The summed E-state index contributed by atoms with van der Waals surface area (Å²) in [4.78, 5) is 27.0. The summed E-state index contributed by atoms with van der Waals surface area (Å²) < 4.78 is 5.30. The number of aliphatic imine (C=N–C) groups is 1. The summed E-state index contributed by atoms with van der Waals surface area (Å²) in [6.07, 6.45) is 6.06. The maximum atomic E-state index is 11.9. The molecule has 29 heavy (non-hydrogen) atoms. The van der Waals surface area contributed by atoms with Crippen LogP contribution in [-0.2, 0) is 16.1 Å². The highest BCUT2D eigenvalue weighted by atomic mass is 16.5. The number of nitrogens with zero attached hydrogens (tertiary/aromatic N) is 1. The van der Waals surface area contributed by atoms with E-state index >= 15 is 0 Å². The molecule has 1 aromatic carbocycles. The standard InChI is InChI=1S/C21H33N5O3/c1-23-20(26-15-21(11-12-29-2)9-3-4-10-21)25-13-16-5-7-17(8-6-16)19(28)24-14-18(22)27/h5-8H,3-4,9-15H2,1-2H3,(H2,22,27)(H,24,28)(H2,23,25,26). The molecule has 0 heterocycles. The molecule has 0 unspecified atom stereocenters. The Morgan fingerprint density at radius 2 is 1.83 bits per heavy atom. The molecular weight excluding hydrogens is 370 g/mol. The molecule has 0 aliphatic heterocycles. The zero-order chi connectivity index (χ0) is 21.1. The van der Waals surface area contributed by atoms with Gasteiger partial charge >= 0.3 is 0 Å². The van der Waals surface area contributed by atoms with Crippen LogP contribution in [0, 0.1) is 5.41 Å². The summed E-state index contributed by atoms with van der Waals surface area (Å²) >= 11 is 0. The minimum Gasteiger partial charge on any atom is -0.385 e. The van der Waals surface area contributed by atoms with Crippen molar-refractivity contribution in [1.82, 2.24) is 16.0 Å². The first kappa shape index (κ1) is 22.7. The van der Waals surface area contributed by atoms with Crippen LogP contribution in [0.4, 0.5) is 0 Å². The lowest BCUT2D eigenvalue weighted by Gasteiger charge is -2.30. The molecule has 1 saturated carbocycles. The van der Waals surface area contributed by atoms with Gasteiger partial charge in [0.05, 0.1) is 6.54 Å². The van der Waals surface area contributed by atoms with Gasteiger partial charge in [-0.25, -0.2) is 0 Å². The fourth-order valence-corrected chi connectivity index (χ4v) is 3.68. The number of carbonyl (C=O) groups excluding carboxylic acids is 2. The van der Waals surface area contributed by atoms with E-state index in [1.54, 1.807) is 26.3 Å². The monoisotopic (exact) mass is 403 g/mol. The molecule has 0 spiro atoms. The Labute approximate surface area is 172 Å². The molecule has 2 rings (SSSR count). The summed E-state index contributed by atoms with van der Waals surface area (Å²) in [6, 6.07) is 7.19. The number of hydrogen-bond acceptors (Lipinski definition) is 4. The first-order chi connectivity index (χ1) is 14.0. The predicted octanol–water partition coefficient (Wildman–Crippen LogP) is 1.16. The van der Waals surface area contributed by atoms with Gasteiger partial charge in [-0.1, -0.05) is 25.0 Å². The van der Waals surface area contributed by atoms with Crippen LogP contribution in [0.25, 0.3) is 0 Å². The van der Waals surface area contributed by atoms with E-state index in [0.717, 1.165) is 31.1 Å². The van der Waals surface area contributed by atoms with Gasteiger partial charge in [0, 0.05) is 39.4 Å². The molecule has 0 aromatic heterocycles. The quantitative estimate of drug-likeness (QED) is 0.345. The first-order valence-electron chi connectivity index (χ1n) is 10.1. The predicted molar refractivity (Wildman–Crippen MR) is 114 cm³/mol. The molecule has 1 aromatic rings. The lowest BCUT2D eigenvalue weighted by atomic mass is 9.83. The Hall–Kier alpha value is -2.61. The molecule has 0 atom stereocenters. The average molecular weight is 404 g/mol. The number of amides is 2. The Morgan fingerprint density at radius 1 is 1.14 bits per heavy atom. The van der Waals surface area contributed by atoms with Gasteiger partial charge in [0.2, 0.25) is 5.91 Å². The van der Waals surface area contributed by atoms with E-state index < -0.39 is 5.91 Å². The van der Waals surface area contributed by atoms with E-state index in [2.05, 4.69) is 20.9 Å². The number of methoxy groups -OCH3 is 1. The van der Waals surface area contributed by atoms with Crippen molar-refractivity contribution in [2.45, 2.75) is 38.6 Å². The average Bonchev–Trinajstić information content (AvgIpc) is 3.20. The highest BCUT2D eigenvalue weighted by molar-refractivity contribution is 5.96. The van der Waals surface area contributed by atoms with Crippen molar-refractivity contribution in [1.29, 1.82) is 0 Å². The number of guanidine groups is 1. The largest absolute Gasteiger partial charge is 0.385 e. The molecule has 0 radical (unpaired) electrons. The summed E-state index contributed by atoms with van der Waals surface area (Å²) in [5.41, 5.74) is 6.83. The number of benzene rings is 1. The molecule has 8 nitrogen and oxygen atoms in total. The molecule has 1 aliphatic rings. The third-order valence-corrected chi connectivity index (χ3v) is 5.45. The SMILES string of the molecule is CN=C(NCc1ccc(C(=O)NCC(N)=O)cc1)NCC1(CCOC)CCCC1. The number of nitrogens with one attached hydrogen (secondary N) is 3. The van der Waals surface area contributed by atoms with Crippen molar-refractivity contribution in [3.05, 3.63) is 35.4 Å². The number of primary amides is 1. The highest BCUT2D eigenvalue weighted by Crippen LogP contribution is 2.40. The molecule has 1 aliphatic carbocycles. The summed E-state index contributed by atoms with van der Waals surface area (Å²) in [5.74, 6) is -0.129. The van der Waals surface area contributed by atoms with E-state index in [4.69, 9.17) is 10.5 Å². The Morgan fingerprint density at radius 3 is 2.41 bits per heavy atom. The van der Waals surface area contributed by atoms with Gasteiger partial charge < -0.3 is 26.4 Å². The zero-order valence-electron chi connectivity index (χ0n) is 17.4. The second-order valence-electron chi connectivity index (χ2n) is 7.58. The summed E-state index contributed by atoms with van der Waals surface area (Å²) in [5, 5.41) is 9.25. The molecule has 1 fully saturated rings. The van der Waals surface area contributed by atoms with Crippen LogP contribution in [0.1, 0.15) is 48.0 Å². The van der Waals surface area contributed by atoms with Crippen molar-refractivity contribution in [3.63, 3.8) is 0 Å². The first-order valence-corrected chi connectivity index (χ1v) is 10.1. The Kier molecular flexibility index (Phi) is 8.92. The van der Waals surface area contributed by atoms with Crippen LogP contribution in [0.15, 0.2) is 29.3 Å². The van der Waals surface area contributed by atoms with Gasteiger partial charge in [0.1, 0.15) is 0 Å². The molecule has 8 heteroatoms. The number of carbonyl (C=O) groups is 2. The second kappa shape index (κ2) is 11.4. The third kappa shape index (κ3) is 7.38. The van der Waals surface area contributed by atoms with Gasteiger partial charge in [-0.15, -0.1) is 0 Å². The minimum absolute atomic E-state index is 0.171. The lowest BCUT2D eigenvalue weighted by Crippen LogP contribution is -2.43. The maximum absolute atomic E-state index is 11.9. The zero-order valence-corrected chi connectivity index (χ0v) is 17.4. The molecule has 5 N–H and O–H groups in total. The topological polar surface area (TPSA) is 118 Å². The molecule has 0 saturated heterocycles. The molecule has 2 amide bonds. The molecule has 160 valence electrons. The fourth-order valence-electron chi connectivity index (χ4n) is 3.68. The third-order valence-electron chi connectivity index (χ3n) is 5.45. The van der Waals surface area contributed by atoms with Crippen molar-refractivity contribution in [2.24, 2.45) is 16.1 Å². The van der Waals surface area contributed by atoms with Gasteiger partial charge in [-0.05, 0) is 42.4 Å². The van der Waals surface area contributed by atoms with Crippen LogP contribution in [-0.4, -0.2) is 51.6 Å². The summed E-state index contributed by atoms with van der Waals surface area (Å²) in [6.45, 7) is 2.09. The van der Waals surface area contributed by atoms with Crippen LogP contribution in [0.3, 0.4) is 0 Å². The van der Waals surface area contributed by atoms with E-state index in [0.29, 0.717) is 12.1 Å². The number of ether oxygens (including phenoxy) is 1. The Bertz CT molecular complexity index is 697. The van der Waals surface area contributed by atoms with Crippen molar-refractivity contribution in [3.8, 4) is 0 Å². The van der Waals surface area contributed by atoms with Gasteiger partial charge in [-0.2, -0.15) is 0 Å². The van der Waals surface area contributed by atoms with Crippen molar-refractivity contribution in [2.75, 3.05) is 33.9 Å². The minimum atomic E-state index is -0.570. The number of hydrogen-bond donors (Lipinski definition) is 4. The van der Waals surface area contributed by atoms with E-state index in [-0.39, 0.29) is 17.9 Å². The van der Waals surface area contributed by atoms with E-state index in [1.165, 1.54) is 25.7 Å². The van der Waals surface area contributed by atoms with Crippen molar-refractivity contribution < 1.29 is 14.3 Å². The van der Waals surface area contributed by atoms with Crippen molar-refractivity contribution >= 4 is 17.8 Å². The molecule has 0 bridgehead atoms. The maximum Gasteiger partial charge on any atom is 0.251 e. The highest BCUT2D eigenvalue weighted by Gasteiger charge is 2.33. The lowest BCUT2D eigenvalue weighted by molar-refractivity contribution is -0.117. The smallest absolute Gasteiger partial charge is 0.251 e.